The van der Waals surface area contributed by atoms with Crippen molar-refractivity contribution in [2.24, 2.45) is 9.98 Å². The number of hydrogen-bond acceptors (Lipinski definition) is 5. The van der Waals surface area contributed by atoms with Crippen molar-refractivity contribution in [2.75, 3.05) is 0 Å². The molecule has 0 saturated carbocycles. The number of aliphatic imine (C=N–C) groups is 2. The van der Waals surface area contributed by atoms with Crippen LogP contribution in [-0.2, 0) is 0 Å². The maximum absolute atomic E-state index is 7.23. The minimum absolute atomic E-state index is 0.415. The van der Waals surface area contributed by atoms with Gasteiger partial charge in [-0.2, -0.15) is 0 Å². The number of H-pyrrole nitrogens is 1. The molecular formula is C66H31Cl12N3S3. The average molecular weight is 1390 g/mol. The number of rotatable bonds is 6. The van der Waals surface area contributed by atoms with Crippen molar-refractivity contribution in [3.63, 3.8) is 0 Å². The van der Waals surface area contributed by atoms with Crippen molar-refractivity contribution in [2.45, 2.75) is 0 Å². The number of benzene rings is 6. The molecule has 84 heavy (non-hydrogen) atoms. The van der Waals surface area contributed by atoms with E-state index in [9.17, 15) is 0 Å². The summed E-state index contributed by atoms with van der Waals surface area (Å²) >= 11 is 91.1. The molecule has 10 aromatic rings. The van der Waals surface area contributed by atoms with Crippen molar-refractivity contribution in [3.05, 3.63) is 326 Å². The average Bonchev–Trinajstić information content (AvgIpc) is 2.70. The van der Waals surface area contributed by atoms with Crippen LogP contribution in [0, 0.1) is 0 Å². The van der Waals surface area contributed by atoms with E-state index < -0.39 is 0 Å². The van der Waals surface area contributed by atoms with E-state index in [-0.39, 0.29) is 0 Å². The highest BCUT2D eigenvalue weighted by atomic mass is 35.5. The summed E-state index contributed by atoms with van der Waals surface area (Å²) in [6.07, 6.45) is 7.78. The maximum atomic E-state index is 7.23. The SMILES string of the molecule is Clc1cccc(Cl)c1C1=C2C=CC(=N2)C(c2c(Cl)cccc2Cl)=c2ccc(s2)=C(c2c(Cl)cccc2Cl)C2=NC(=C(c3c(Cl)cccc3Cl)c3ccc(s3)C(c3c(Cl)cccc3Cl)=c3ccc([nH]3)=C(c3c(Cl)cccc3Cl)c3ccc1s3)C=C2. The summed E-state index contributed by atoms with van der Waals surface area (Å²) in [5.41, 5.74) is 9.90. The molecule has 0 unspecified atom stereocenters. The Kier molecular flexibility index (Phi) is 16.5. The second kappa shape index (κ2) is 23.9. The molecule has 3 nitrogen and oxygen atoms in total. The first-order valence-electron chi connectivity index (χ1n) is 25.3. The van der Waals surface area contributed by atoms with Crippen LogP contribution in [-0.4, -0.2) is 16.4 Å². The molecule has 0 radical (unpaired) electrons. The molecule has 0 amide bonds. The molecule has 0 spiro atoms. The molecule has 3 aliphatic heterocycles. The van der Waals surface area contributed by atoms with Crippen LogP contribution in [0.2, 0.25) is 60.3 Å². The molecule has 0 fully saturated rings. The predicted molar refractivity (Wildman–Crippen MR) is 364 cm³/mol. The zero-order valence-corrected chi connectivity index (χ0v) is 54.0. The topological polar surface area (TPSA) is 40.5 Å². The standard InChI is InChI=1S/C66H31Cl12N3S3/c67-31-7-1-8-32(68)55(31)61-43-19-20-44(79-43)62(56-33(69)9-2-10-34(56)70)51-27-28-52(83-51)65(59-39(75)15-5-16-40(59)76)47-23-24-48(81-47)66(60-41(77)17-6-18-42(60)78)54-30-29-53(84-54)64(58-37(73)13-4-14-38(58)74)46-22-21-45(80-46)63(50-26-25-49(61)82-50)57-35(71)11-3-12-36(57)72/h1-30,79H. The summed E-state index contributed by atoms with van der Waals surface area (Å²) in [5.74, 6) is 0. The molecule has 0 atom stereocenters. The number of aromatic amines is 1. The molecule has 0 aliphatic carbocycles. The van der Waals surface area contributed by atoms with Crippen molar-refractivity contribution < 1.29 is 0 Å². The van der Waals surface area contributed by atoms with Crippen LogP contribution in [0.25, 0.3) is 33.4 Å². The van der Waals surface area contributed by atoms with Gasteiger partial charge in [-0.15, -0.1) is 34.0 Å². The minimum Gasteiger partial charge on any atom is -0.354 e. The Morgan fingerprint density at radius 2 is 0.500 bits per heavy atom. The summed E-state index contributed by atoms with van der Waals surface area (Å²) < 4.78 is 1.55. The van der Waals surface area contributed by atoms with Gasteiger partial charge in [0.15, 0.2) is 0 Å². The molecule has 4 aromatic heterocycles. The quantitative estimate of drug-likeness (QED) is 0.172. The summed E-state index contributed by atoms with van der Waals surface area (Å²) in [4.78, 5) is 17.9. The first kappa shape index (κ1) is 58.0. The first-order valence-corrected chi connectivity index (χ1v) is 32.3. The van der Waals surface area contributed by atoms with Crippen LogP contribution in [0.4, 0.5) is 0 Å². The molecule has 0 saturated heterocycles. The van der Waals surface area contributed by atoms with Gasteiger partial charge in [0.05, 0.1) is 83.1 Å². The van der Waals surface area contributed by atoms with Crippen molar-refractivity contribution in [1.82, 2.24) is 4.98 Å². The molecule has 7 heterocycles. The Bertz CT molecular complexity index is 4530. The number of thiophene rings is 3. The lowest BCUT2D eigenvalue weighted by molar-refractivity contribution is 1.24. The number of hydrogen-bond donors (Lipinski definition) is 1. The molecule has 12 bridgehead atoms. The number of allylic oxidation sites excluding steroid dienone is 4. The van der Waals surface area contributed by atoms with Gasteiger partial charge in [0.2, 0.25) is 0 Å². The second-order valence-electron chi connectivity index (χ2n) is 19.0. The van der Waals surface area contributed by atoms with E-state index >= 15 is 0 Å². The van der Waals surface area contributed by atoms with Crippen molar-refractivity contribution in [1.29, 1.82) is 0 Å². The van der Waals surface area contributed by atoms with Crippen molar-refractivity contribution >= 4 is 218 Å². The number of aromatic nitrogens is 1. The fourth-order valence-electron chi connectivity index (χ4n) is 10.5. The van der Waals surface area contributed by atoms with E-state index in [0.717, 1.165) is 28.6 Å². The van der Waals surface area contributed by atoms with E-state index in [1.165, 1.54) is 34.0 Å². The van der Waals surface area contributed by atoms with E-state index in [0.29, 0.717) is 161 Å². The number of fused-ring (bicyclic) bond motifs is 10. The fraction of sp³-hybridized carbons (Fsp3) is 0. The molecule has 412 valence electrons. The van der Waals surface area contributed by atoms with E-state index in [4.69, 9.17) is 149 Å². The van der Waals surface area contributed by atoms with Gasteiger partial charge in [-0.05, 0) is 146 Å². The van der Waals surface area contributed by atoms with Gasteiger partial charge in [0.1, 0.15) is 0 Å². The van der Waals surface area contributed by atoms with Gasteiger partial charge < -0.3 is 4.98 Å². The van der Waals surface area contributed by atoms with Crippen LogP contribution in [0.1, 0.15) is 52.9 Å². The van der Waals surface area contributed by atoms with Crippen LogP contribution >= 0.6 is 173 Å². The Balaban J connectivity index is 1.21. The van der Waals surface area contributed by atoms with E-state index in [1.807, 2.05) is 121 Å². The molecule has 3 aliphatic rings. The number of nitrogens with one attached hydrogen (secondary N) is 1. The third kappa shape index (κ3) is 10.6. The Morgan fingerprint density at radius 1 is 0.250 bits per heavy atom. The lowest BCUT2D eigenvalue weighted by Gasteiger charge is -2.14. The lowest BCUT2D eigenvalue weighted by Crippen LogP contribution is -2.17. The Morgan fingerprint density at radius 3 is 0.786 bits per heavy atom. The second-order valence-corrected chi connectivity index (χ2v) is 27.2. The third-order valence-corrected chi connectivity index (χ3v) is 21.2. The van der Waals surface area contributed by atoms with E-state index in [2.05, 4.69) is 4.98 Å². The largest absolute Gasteiger partial charge is 0.354 e. The van der Waals surface area contributed by atoms with Gasteiger partial charge >= 0.3 is 0 Å². The normalized spacial score (nSPS) is 14.3. The number of halogens is 12. The van der Waals surface area contributed by atoms with Gasteiger partial charge in [-0.25, -0.2) is 9.98 Å². The van der Waals surface area contributed by atoms with Gasteiger partial charge in [0, 0.05) is 106 Å². The van der Waals surface area contributed by atoms with Crippen LogP contribution in [0.15, 0.2) is 203 Å². The third-order valence-electron chi connectivity index (χ3n) is 14.1. The fourth-order valence-corrected chi connectivity index (χ4v) is 17.4. The monoisotopic (exact) mass is 1380 g/mol. The summed E-state index contributed by atoms with van der Waals surface area (Å²) in [6, 6.07) is 48.7. The maximum Gasteiger partial charge on any atom is 0.0731 e. The van der Waals surface area contributed by atoms with Crippen LogP contribution in [0.3, 0.4) is 0 Å². The first-order chi connectivity index (χ1) is 40.6. The zero-order chi connectivity index (χ0) is 58.2. The van der Waals surface area contributed by atoms with Crippen molar-refractivity contribution in [3.8, 4) is 0 Å². The summed E-state index contributed by atoms with van der Waals surface area (Å²) in [7, 11) is 0. The smallest absolute Gasteiger partial charge is 0.0731 e. The molecule has 1 N–H and O–H groups in total. The lowest BCUT2D eigenvalue weighted by atomic mass is 10.0. The van der Waals surface area contributed by atoms with E-state index in [1.54, 1.807) is 60.7 Å². The molecular weight excluding hydrogens is 1360 g/mol. The Hall–Kier alpha value is -5.04. The summed E-state index contributed by atoms with van der Waals surface area (Å²) in [5, 5.41) is 6.44. The Labute approximate surface area is 553 Å². The molecule has 13 rings (SSSR count). The van der Waals surface area contributed by atoms with Gasteiger partial charge in [0.25, 0.3) is 0 Å². The van der Waals surface area contributed by atoms with Crippen LogP contribution in [0.5, 0.6) is 0 Å². The van der Waals surface area contributed by atoms with Crippen LogP contribution < -0.4 is 19.8 Å². The van der Waals surface area contributed by atoms with Gasteiger partial charge in [-0.3, -0.25) is 0 Å². The van der Waals surface area contributed by atoms with Gasteiger partial charge in [-0.1, -0.05) is 176 Å². The minimum atomic E-state index is 0.415. The molecule has 6 aromatic carbocycles. The highest BCUT2D eigenvalue weighted by Gasteiger charge is 2.29. The highest BCUT2D eigenvalue weighted by molar-refractivity contribution is 7.15. The number of nitrogens with zero attached hydrogens (tertiary/aromatic N) is 2. The highest BCUT2D eigenvalue weighted by Crippen LogP contribution is 2.47. The summed E-state index contributed by atoms with van der Waals surface area (Å²) in [6.45, 7) is 0. The zero-order valence-electron chi connectivity index (χ0n) is 42.5. The molecule has 18 heteroatoms. The predicted octanol–water partition coefficient (Wildman–Crippen LogP) is 21.2.